The lowest BCUT2D eigenvalue weighted by atomic mass is 10.1. The molecule has 0 fully saturated rings. The molecule has 5 rings (SSSR count). The fourth-order valence-corrected chi connectivity index (χ4v) is 3.44. The van der Waals surface area contributed by atoms with Crippen LogP contribution in [0.15, 0.2) is 66.8 Å². The van der Waals surface area contributed by atoms with Crippen LogP contribution in [0.5, 0.6) is 0 Å². The number of rotatable bonds is 3. The summed E-state index contributed by atoms with van der Waals surface area (Å²) in [6.45, 7) is 0. The molecule has 2 aromatic heterocycles. The second-order valence-electron chi connectivity index (χ2n) is 6.97. The Morgan fingerprint density at radius 2 is 1.82 bits per heavy atom. The van der Waals surface area contributed by atoms with Crippen LogP contribution >= 0.6 is 11.6 Å². The highest BCUT2D eigenvalue weighted by Gasteiger charge is 2.34. The number of alkyl halides is 3. The second-order valence-corrected chi connectivity index (χ2v) is 7.41. The zero-order valence-electron chi connectivity index (χ0n) is 16.5. The van der Waals surface area contributed by atoms with E-state index in [0.29, 0.717) is 10.6 Å². The Bertz CT molecular complexity index is 1460. The predicted octanol–water partition coefficient (Wildman–Crippen LogP) is 4.06. The van der Waals surface area contributed by atoms with Gasteiger partial charge in [0.25, 0.3) is 5.91 Å². The van der Waals surface area contributed by atoms with Crippen LogP contribution in [0.4, 0.5) is 19.1 Å². The third-order valence-electron chi connectivity index (χ3n) is 4.82. The maximum absolute atomic E-state index is 13.7. The van der Waals surface area contributed by atoms with Crippen LogP contribution in [0.25, 0.3) is 27.9 Å². The second kappa shape index (κ2) is 7.78. The quantitative estimate of drug-likeness (QED) is 0.417. The number of carbonyl (C=O) groups excluding carboxylic acids is 1. The summed E-state index contributed by atoms with van der Waals surface area (Å²) in [4.78, 5) is 21.0. The molecule has 0 spiro atoms. The average molecular weight is 472 g/mol. The molecule has 1 aliphatic rings. The van der Waals surface area contributed by atoms with Crippen molar-refractivity contribution in [2.75, 3.05) is 5.32 Å². The van der Waals surface area contributed by atoms with Gasteiger partial charge in [0.1, 0.15) is 5.70 Å². The van der Waals surface area contributed by atoms with E-state index >= 15 is 0 Å². The smallest absolute Gasteiger partial charge is 0.364 e. The number of benzene rings is 2. The van der Waals surface area contributed by atoms with Crippen LogP contribution in [-0.2, 0) is 11.0 Å². The van der Waals surface area contributed by atoms with Crippen LogP contribution in [0, 0.1) is 0 Å². The highest BCUT2D eigenvalue weighted by atomic mass is 35.5. The van der Waals surface area contributed by atoms with Gasteiger partial charge in [0, 0.05) is 34.6 Å². The number of carbonyl (C=O) groups is 1. The van der Waals surface area contributed by atoms with E-state index in [9.17, 15) is 18.0 Å². The van der Waals surface area contributed by atoms with Gasteiger partial charge < -0.3 is 16.0 Å². The minimum Gasteiger partial charge on any atom is -0.364 e. The number of hydrogen-bond acceptors (Lipinski definition) is 6. The molecule has 0 bridgehead atoms. The molecule has 0 unspecified atom stereocenters. The van der Waals surface area contributed by atoms with E-state index in [1.54, 1.807) is 24.3 Å². The molecule has 0 saturated carbocycles. The lowest BCUT2D eigenvalue weighted by molar-refractivity contribution is -0.136. The maximum atomic E-state index is 13.7. The minimum absolute atomic E-state index is 0.0150. The van der Waals surface area contributed by atoms with E-state index < -0.39 is 17.6 Å². The van der Waals surface area contributed by atoms with Crippen molar-refractivity contribution in [3.63, 3.8) is 0 Å². The number of nitrogens with zero attached hydrogens (tertiary/aromatic N) is 4. The maximum Gasteiger partial charge on any atom is 0.418 e. The molecule has 166 valence electrons. The van der Waals surface area contributed by atoms with Crippen LogP contribution in [0.2, 0.25) is 5.02 Å². The molecule has 0 saturated heterocycles. The first kappa shape index (κ1) is 20.8. The summed E-state index contributed by atoms with van der Waals surface area (Å²) >= 11 is 5.95. The van der Waals surface area contributed by atoms with Crippen molar-refractivity contribution in [2.45, 2.75) is 6.18 Å². The number of fused-ring (bicyclic) bond motifs is 3. The molecule has 1 aliphatic heterocycles. The van der Waals surface area contributed by atoms with Crippen LogP contribution < -0.4 is 16.0 Å². The van der Waals surface area contributed by atoms with Crippen LogP contribution in [0.3, 0.4) is 0 Å². The molecule has 0 atom stereocenters. The first-order chi connectivity index (χ1) is 15.8. The number of halogens is 4. The summed E-state index contributed by atoms with van der Waals surface area (Å²) in [6.07, 6.45) is -0.437. The zero-order valence-corrected chi connectivity index (χ0v) is 17.2. The number of anilines is 1. The summed E-state index contributed by atoms with van der Waals surface area (Å²) in [7, 11) is 0. The van der Waals surface area contributed by atoms with Crippen LogP contribution in [-0.4, -0.2) is 25.5 Å². The van der Waals surface area contributed by atoms with E-state index in [0.717, 1.165) is 6.07 Å². The molecule has 4 aromatic rings. The van der Waals surface area contributed by atoms with E-state index in [2.05, 4.69) is 31.0 Å². The third kappa shape index (κ3) is 3.82. The van der Waals surface area contributed by atoms with Crippen molar-refractivity contribution in [1.82, 2.24) is 30.2 Å². The highest BCUT2D eigenvalue weighted by molar-refractivity contribution is 6.30. The standard InChI is InChI=1S/C21H13ClF3N7O/c22-12-6-4-11(5-7-12)17-30-18-13-2-1-3-14(21(23,24)25)16(13)29-20(32(18)31-17)28-15-10-26-8-9-27-19(15)33/h1-10,26H,(H,27,33)(H,28,29). The number of amides is 1. The Morgan fingerprint density at radius 1 is 1.03 bits per heavy atom. The fourth-order valence-electron chi connectivity index (χ4n) is 3.32. The Morgan fingerprint density at radius 3 is 2.58 bits per heavy atom. The largest absolute Gasteiger partial charge is 0.418 e. The molecule has 3 N–H and O–H groups in total. The first-order valence-electron chi connectivity index (χ1n) is 9.53. The number of aromatic nitrogens is 4. The Labute approximate surface area is 188 Å². The van der Waals surface area contributed by atoms with E-state index in [1.165, 1.54) is 35.2 Å². The summed E-state index contributed by atoms with van der Waals surface area (Å²) in [5, 5.41) is 13.1. The highest BCUT2D eigenvalue weighted by Crippen LogP contribution is 2.36. The molecular weight excluding hydrogens is 459 g/mol. The van der Waals surface area contributed by atoms with Gasteiger partial charge in [0.05, 0.1) is 11.1 Å². The van der Waals surface area contributed by atoms with Gasteiger partial charge in [-0.05, 0) is 36.4 Å². The summed E-state index contributed by atoms with van der Waals surface area (Å²) in [5.41, 5.74) is -0.497. The lowest BCUT2D eigenvalue weighted by Gasteiger charge is -2.13. The van der Waals surface area contributed by atoms with Gasteiger partial charge in [-0.25, -0.2) is 9.97 Å². The Kier molecular flexibility index (Phi) is 4.90. The average Bonchev–Trinajstić information content (AvgIpc) is 3.13. The fraction of sp³-hybridized carbons (Fsp3) is 0.0476. The summed E-state index contributed by atoms with van der Waals surface area (Å²) in [6, 6.07) is 10.4. The molecule has 33 heavy (non-hydrogen) atoms. The van der Waals surface area contributed by atoms with E-state index in [4.69, 9.17) is 11.6 Å². The molecule has 2 aromatic carbocycles. The minimum atomic E-state index is -4.65. The Balaban J connectivity index is 1.76. The lowest BCUT2D eigenvalue weighted by Crippen LogP contribution is -2.24. The van der Waals surface area contributed by atoms with Crippen molar-refractivity contribution in [1.29, 1.82) is 0 Å². The van der Waals surface area contributed by atoms with Crippen molar-refractivity contribution in [2.24, 2.45) is 0 Å². The predicted molar refractivity (Wildman–Crippen MR) is 116 cm³/mol. The molecule has 1 amide bonds. The van der Waals surface area contributed by atoms with Gasteiger partial charge in [0.2, 0.25) is 5.95 Å². The Hall–Kier alpha value is -4.12. The summed E-state index contributed by atoms with van der Waals surface area (Å²) < 4.78 is 42.4. The zero-order chi connectivity index (χ0) is 23.2. The molecule has 8 nitrogen and oxygen atoms in total. The van der Waals surface area contributed by atoms with Crippen molar-refractivity contribution < 1.29 is 18.0 Å². The monoisotopic (exact) mass is 471 g/mol. The van der Waals surface area contributed by atoms with Gasteiger partial charge in [-0.3, -0.25) is 4.79 Å². The SMILES string of the molecule is O=C1NC=CNC=C1Nc1nc2c(C(F)(F)F)cccc2c2nc(-c3ccc(Cl)cc3)nn12. The normalized spacial score (nSPS) is 14.1. The van der Waals surface area contributed by atoms with Crippen molar-refractivity contribution in [3.05, 3.63) is 77.3 Å². The molecule has 3 heterocycles. The van der Waals surface area contributed by atoms with Gasteiger partial charge in [-0.15, -0.1) is 5.10 Å². The van der Waals surface area contributed by atoms with Gasteiger partial charge in [0.15, 0.2) is 11.5 Å². The molecular formula is C21H13ClF3N7O. The number of hydrogen-bond donors (Lipinski definition) is 3. The van der Waals surface area contributed by atoms with E-state index in [1.807, 2.05) is 0 Å². The topological polar surface area (TPSA) is 96.2 Å². The van der Waals surface area contributed by atoms with Crippen molar-refractivity contribution >= 4 is 40.0 Å². The van der Waals surface area contributed by atoms with Gasteiger partial charge >= 0.3 is 6.18 Å². The number of nitrogens with one attached hydrogen (secondary N) is 3. The van der Waals surface area contributed by atoms with Gasteiger partial charge in [-0.1, -0.05) is 17.7 Å². The van der Waals surface area contributed by atoms with E-state index in [-0.39, 0.29) is 34.0 Å². The van der Waals surface area contributed by atoms with Crippen LogP contribution in [0.1, 0.15) is 5.56 Å². The molecule has 12 heteroatoms. The summed E-state index contributed by atoms with van der Waals surface area (Å²) in [5.74, 6) is -0.388. The van der Waals surface area contributed by atoms with Crippen molar-refractivity contribution in [3.8, 4) is 11.4 Å². The van der Waals surface area contributed by atoms with Gasteiger partial charge in [-0.2, -0.15) is 17.7 Å². The first-order valence-corrected chi connectivity index (χ1v) is 9.91. The molecule has 0 radical (unpaired) electrons. The number of para-hydroxylation sites is 1. The third-order valence-corrected chi connectivity index (χ3v) is 5.07. The molecule has 0 aliphatic carbocycles.